The lowest BCUT2D eigenvalue weighted by Gasteiger charge is -2.27. The van der Waals surface area contributed by atoms with Crippen molar-refractivity contribution < 1.29 is 19.1 Å². The summed E-state index contributed by atoms with van der Waals surface area (Å²) in [4.78, 5) is 26.8. The molecule has 1 aromatic heterocycles. The number of ketones is 1. The molecule has 1 aliphatic heterocycles. The van der Waals surface area contributed by atoms with Gasteiger partial charge in [-0.1, -0.05) is 19.9 Å². The van der Waals surface area contributed by atoms with E-state index in [9.17, 15) is 9.59 Å². The number of rotatable bonds is 7. The van der Waals surface area contributed by atoms with Crippen molar-refractivity contribution in [3.8, 4) is 11.5 Å². The molecule has 3 rings (SSSR count). The second kappa shape index (κ2) is 8.35. The summed E-state index contributed by atoms with van der Waals surface area (Å²) in [5.74, 6) is 1.43. The number of Topliss-reactive ketones (excluding diaryl/α,β-unsaturated/α-hetero) is 1. The zero-order valence-electron chi connectivity index (χ0n) is 16.9. The van der Waals surface area contributed by atoms with Crippen LogP contribution < -0.4 is 14.8 Å². The summed E-state index contributed by atoms with van der Waals surface area (Å²) in [5.41, 5.74) is 1.54. The lowest BCUT2D eigenvalue weighted by atomic mass is 9.84. The zero-order valence-corrected chi connectivity index (χ0v) is 17.7. The van der Waals surface area contributed by atoms with E-state index >= 15 is 0 Å². The molecule has 0 spiro atoms. The van der Waals surface area contributed by atoms with Gasteiger partial charge in [0.15, 0.2) is 17.3 Å². The molecule has 0 saturated heterocycles. The van der Waals surface area contributed by atoms with Gasteiger partial charge in [0.25, 0.3) is 0 Å². The first-order chi connectivity index (χ1) is 13.3. The Morgan fingerprint density at radius 3 is 2.46 bits per heavy atom. The van der Waals surface area contributed by atoms with Crippen molar-refractivity contribution in [3.05, 3.63) is 45.1 Å². The van der Waals surface area contributed by atoms with E-state index in [2.05, 4.69) is 19.2 Å². The van der Waals surface area contributed by atoms with Crippen LogP contribution in [0.15, 0.2) is 24.3 Å². The molecule has 28 heavy (non-hydrogen) atoms. The molecule has 150 valence electrons. The molecule has 2 aromatic rings. The minimum atomic E-state index is -0.267. The smallest absolute Gasteiger partial charge is 0.220 e. The van der Waals surface area contributed by atoms with Crippen molar-refractivity contribution in [1.82, 2.24) is 5.32 Å². The third-order valence-corrected chi connectivity index (χ3v) is 5.94. The number of carbonyl (C=O) groups excluding carboxylic acids is 2. The Hall–Kier alpha value is -2.34. The summed E-state index contributed by atoms with van der Waals surface area (Å²) < 4.78 is 11.2. The Morgan fingerprint density at radius 1 is 1.07 bits per heavy atom. The van der Waals surface area contributed by atoms with Crippen LogP contribution in [0.4, 0.5) is 0 Å². The molecule has 6 heteroatoms. The number of thiophene rings is 1. The van der Waals surface area contributed by atoms with E-state index in [0.29, 0.717) is 19.8 Å². The Labute approximate surface area is 170 Å². The Morgan fingerprint density at radius 2 is 1.79 bits per heavy atom. The highest BCUT2D eigenvalue weighted by Crippen LogP contribution is 2.35. The number of fused-ring (bicyclic) bond motifs is 1. The lowest BCUT2D eigenvalue weighted by Crippen LogP contribution is -2.36. The monoisotopic (exact) mass is 401 g/mol. The number of hydrogen-bond acceptors (Lipinski definition) is 5. The standard InChI is InChI=1S/C22H27NO4S/c1-14-11-17(15(2)28-14)18(24)6-8-21(25)23-13-22(3,4)16-5-7-19-20(12-16)27-10-9-26-19/h5,7,11-12H,6,8-10,13H2,1-4H3,(H,23,25). The van der Waals surface area contributed by atoms with Gasteiger partial charge in [-0.15, -0.1) is 11.3 Å². The summed E-state index contributed by atoms with van der Waals surface area (Å²) in [7, 11) is 0. The van der Waals surface area contributed by atoms with Gasteiger partial charge >= 0.3 is 0 Å². The second-order valence-electron chi connectivity index (χ2n) is 7.77. The number of carbonyl (C=O) groups is 2. The van der Waals surface area contributed by atoms with Gasteiger partial charge in [-0.2, -0.15) is 0 Å². The summed E-state index contributed by atoms with van der Waals surface area (Å²) >= 11 is 1.61. The highest BCUT2D eigenvalue weighted by Gasteiger charge is 2.24. The number of amides is 1. The normalized spacial score (nSPS) is 13.3. The van der Waals surface area contributed by atoms with Crippen LogP contribution in [-0.4, -0.2) is 31.4 Å². The van der Waals surface area contributed by atoms with E-state index in [1.807, 2.05) is 38.1 Å². The molecule has 0 fully saturated rings. The first kappa shape index (κ1) is 20.4. The zero-order chi connectivity index (χ0) is 20.3. The van der Waals surface area contributed by atoms with Gasteiger partial charge in [-0.05, 0) is 37.6 Å². The van der Waals surface area contributed by atoms with E-state index in [4.69, 9.17) is 9.47 Å². The van der Waals surface area contributed by atoms with Crippen LogP contribution in [0.1, 0.15) is 52.4 Å². The molecule has 0 aliphatic carbocycles. The molecule has 2 heterocycles. The number of aryl methyl sites for hydroxylation is 2. The van der Waals surface area contributed by atoms with Gasteiger partial charge in [0.05, 0.1) is 0 Å². The molecular formula is C22H27NO4S. The van der Waals surface area contributed by atoms with Crippen LogP contribution >= 0.6 is 11.3 Å². The van der Waals surface area contributed by atoms with Crippen molar-refractivity contribution >= 4 is 23.0 Å². The lowest BCUT2D eigenvalue weighted by molar-refractivity contribution is -0.121. The fraction of sp³-hybridized carbons (Fsp3) is 0.455. The maximum atomic E-state index is 12.3. The summed E-state index contributed by atoms with van der Waals surface area (Å²) in [6, 6.07) is 7.80. The average Bonchev–Trinajstić information content (AvgIpc) is 3.02. The molecule has 0 atom stereocenters. The van der Waals surface area contributed by atoms with Crippen molar-refractivity contribution in [2.75, 3.05) is 19.8 Å². The molecule has 5 nitrogen and oxygen atoms in total. The Balaban J connectivity index is 1.53. The maximum Gasteiger partial charge on any atom is 0.220 e. The molecule has 1 aliphatic rings. The fourth-order valence-electron chi connectivity index (χ4n) is 3.24. The van der Waals surface area contributed by atoms with Crippen molar-refractivity contribution in [2.24, 2.45) is 0 Å². The third-order valence-electron chi connectivity index (χ3n) is 4.97. The van der Waals surface area contributed by atoms with Crippen molar-refractivity contribution in [2.45, 2.75) is 46.0 Å². The van der Waals surface area contributed by atoms with Crippen molar-refractivity contribution in [3.63, 3.8) is 0 Å². The number of hydrogen-bond donors (Lipinski definition) is 1. The van der Waals surface area contributed by atoms with E-state index in [1.165, 1.54) is 0 Å². The first-order valence-corrected chi connectivity index (χ1v) is 10.3. The fourth-order valence-corrected chi connectivity index (χ4v) is 4.19. The van der Waals surface area contributed by atoms with Crippen LogP contribution in [-0.2, 0) is 10.2 Å². The molecule has 0 unspecified atom stereocenters. The molecule has 0 radical (unpaired) electrons. The largest absolute Gasteiger partial charge is 0.486 e. The minimum absolute atomic E-state index is 0.0306. The SMILES string of the molecule is Cc1cc(C(=O)CCC(=O)NCC(C)(C)c2ccc3c(c2)OCCO3)c(C)s1. The number of ether oxygens (including phenoxy) is 2. The van der Waals surface area contributed by atoms with Crippen molar-refractivity contribution in [1.29, 1.82) is 0 Å². The van der Waals surface area contributed by atoms with Crippen LogP contribution in [0.3, 0.4) is 0 Å². The highest BCUT2D eigenvalue weighted by atomic mass is 32.1. The van der Waals surface area contributed by atoms with Crippen LogP contribution in [0, 0.1) is 13.8 Å². The molecular weight excluding hydrogens is 374 g/mol. The molecule has 1 N–H and O–H groups in total. The Bertz CT molecular complexity index is 885. The van der Waals surface area contributed by atoms with Crippen LogP contribution in [0.2, 0.25) is 0 Å². The first-order valence-electron chi connectivity index (χ1n) is 9.53. The number of nitrogens with one attached hydrogen (secondary N) is 1. The quantitative estimate of drug-likeness (QED) is 0.707. The van der Waals surface area contributed by atoms with Gasteiger partial charge in [0.1, 0.15) is 13.2 Å². The van der Waals surface area contributed by atoms with Crippen LogP contribution in [0.25, 0.3) is 0 Å². The topological polar surface area (TPSA) is 64.6 Å². The highest BCUT2D eigenvalue weighted by molar-refractivity contribution is 7.12. The number of benzene rings is 1. The molecule has 0 bridgehead atoms. The van der Waals surface area contributed by atoms with Gasteiger partial charge in [-0.25, -0.2) is 0 Å². The molecule has 1 aromatic carbocycles. The average molecular weight is 402 g/mol. The third kappa shape index (κ3) is 4.73. The second-order valence-corrected chi connectivity index (χ2v) is 9.23. The predicted molar refractivity (Wildman–Crippen MR) is 111 cm³/mol. The minimum Gasteiger partial charge on any atom is -0.486 e. The predicted octanol–water partition coefficient (Wildman–Crippen LogP) is 4.19. The van der Waals surface area contributed by atoms with Gasteiger partial charge in [0, 0.05) is 40.1 Å². The van der Waals surface area contributed by atoms with E-state index in [0.717, 1.165) is 32.4 Å². The van der Waals surface area contributed by atoms with Crippen LogP contribution in [0.5, 0.6) is 11.5 Å². The summed E-state index contributed by atoms with van der Waals surface area (Å²) in [6.07, 6.45) is 0.428. The summed E-state index contributed by atoms with van der Waals surface area (Å²) in [5, 5.41) is 2.97. The summed E-state index contributed by atoms with van der Waals surface area (Å²) in [6.45, 7) is 9.67. The Kier molecular flexibility index (Phi) is 6.08. The van der Waals surface area contributed by atoms with Gasteiger partial charge in [-0.3, -0.25) is 9.59 Å². The maximum absolute atomic E-state index is 12.3. The van der Waals surface area contributed by atoms with E-state index in [-0.39, 0.29) is 29.9 Å². The molecule has 1 amide bonds. The van der Waals surface area contributed by atoms with E-state index in [1.54, 1.807) is 11.3 Å². The van der Waals surface area contributed by atoms with Gasteiger partial charge < -0.3 is 14.8 Å². The molecule has 0 saturated carbocycles. The van der Waals surface area contributed by atoms with Gasteiger partial charge in [0.2, 0.25) is 5.91 Å². The van der Waals surface area contributed by atoms with E-state index < -0.39 is 0 Å².